The van der Waals surface area contributed by atoms with Crippen molar-refractivity contribution in [1.29, 1.82) is 0 Å². The molecule has 2 rings (SSSR count). The largest absolute Gasteiger partial charge is 0.326 e. The molecule has 1 saturated heterocycles. The van der Waals surface area contributed by atoms with Crippen molar-refractivity contribution < 1.29 is 13.2 Å². The number of pyridine rings is 1. The van der Waals surface area contributed by atoms with Crippen LogP contribution in [-0.4, -0.2) is 31.6 Å². The highest BCUT2D eigenvalue weighted by molar-refractivity contribution is 7.89. The van der Waals surface area contributed by atoms with Gasteiger partial charge in [-0.3, -0.25) is 9.59 Å². The van der Waals surface area contributed by atoms with Gasteiger partial charge in [0, 0.05) is 25.1 Å². The number of hydrogen-bond donors (Lipinski definition) is 2. The average Bonchev–Trinajstić information content (AvgIpc) is 2.60. The van der Waals surface area contributed by atoms with Gasteiger partial charge >= 0.3 is 0 Å². The van der Waals surface area contributed by atoms with Crippen LogP contribution < -0.4 is 15.6 Å². The number of hydrogen-bond acceptors (Lipinski definition) is 4. The summed E-state index contributed by atoms with van der Waals surface area (Å²) in [7, 11) is -3.65. The number of carbonyl (C=O) groups excluding carboxylic acids is 1. The van der Waals surface area contributed by atoms with Crippen molar-refractivity contribution in [2.75, 3.05) is 17.2 Å². The van der Waals surface area contributed by atoms with Gasteiger partial charge in [0.15, 0.2) is 0 Å². The second-order valence-electron chi connectivity index (χ2n) is 4.44. The van der Waals surface area contributed by atoms with E-state index in [4.69, 9.17) is 16.7 Å². The third-order valence-corrected chi connectivity index (χ3v) is 3.97. The van der Waals surface area contributed by atoms with E-state index in [0.717, 1.165) is 0 Å². The summed E-state index contributed by atoms with van der Waals surface area (Å²) in [6.07, 6.45) is 1.36. The van der Waals surface area contributed by atoms with E-state index >= 15 is 0 Å². The summed E-state index contributed by atoms with van der Waals surface area (Å²) >= 11 is 5.76. The number of H-pyrrole nitrogens is 1. The zero-order valence-electron chi connectivity index (χ0n) is 9.80. The molecular formula is C10H12ClN3O4S. The minimum atomic E-state index is -3.65. The van der Waals surface area contributed by atoms with Gasteiger partial charge in [-0.25, -0.2) is 13.6 Å². The van der Waals surface area contributed by atoms with E-state index < -0.39 is 21.5 Å². The first-order valence-electron chi connectivity index (χ1n) is 5.45. The number of rotatable bonds is 3. The molecule has 19 heavy (non-hydrogen) atoms. The fraction of sp³-hybridized carbons (Fsp3) is 0.400. The van der Waals surface area contributed by atoms with Crippen LogP contribution in [0.25, 0.3) is 0 Å². The van der Waals surface area contributed by atoms with Crippen LogP contribution in [0.1, 0.15) is 6.42 Å². The Morgan fingerprint density at radius 1 is 1.47 bits per heavy atom. The molecule has 104 valence electrons. The zero-order chi connectivity index (χ0) is 14.2. The third kappa shape index (κ3) is 3.34. The van der Waals surface area contributed by atoms with Crippen LogP contribution in [0, 0.1) is 5.92 Å². The maximum Gasteiger partial charge on any atom is 0.272 e. The van der Waals surface area contributed by atoms with E-state index in [1.165, 1.54) is 17.2 Å². The number of anilines is 1. The Balaban J connectivity index is 2.25. The number of aromatic amines is 1. The van der Waals surface area contributed by atoms with Crippen molar-refractivity contribution >= 4 is 33.2 Å². The van der Waals surface area contributed by atoms with Crippen molar-refractivity contribution in [2.45, 2.75) is 6.42 Å². The molecule has 0 aliphatic carbocycles. The Morgan fingerprint density at radius 3 is 2.79 bits per heavy atom. The molecule has 3 N–H and O–H groups in total. The molecule has 0 bridgehead atoms. The average molecular weight is 306 g/mol. The second kappa shape index (κ2) is 4.95. The number of carbonyl (C=O) groups is 1. The van der Waals surface area contributed by atoms with Crippen LogP contribution in [0.5, 0.6) is 0 Å². The number of nitrogens with two attached hydrogens (primary N) is 1. The molecule has 1 aliphatic rings. The van der Waals surface area contributed by atoms with E-state index in [2.05, 4.69) is 4.98 Å². The van der Waals surface area contributed by atoms with Gasteiger partial charge in [0.05, 0.1) is 10.8 Å². The Kier molecular flexibility index (Phi) is 3.66. The first-order chi connectivity index (χ1) is 8.76. The van der Waals surface area contributed by atoms with E-state index in [9.17, 15) is 18.0 Å². The summed E-state index contributed by atoms with van der Waals surface area (Å²) in [4.78, 5) is 27.1. The van der Waals surface area contributed by atoms with Gasteiger partial charge < -0.3 is 9.88 Å². The molecule has 1 unspecified atom stereocenters. The highest BCUT2D eigenvalue weighted by Crippen LogP contribution is 2.24. The minimum Gasteiger partial charge on any atom is -0.326 e. The fourth-order valence-electron chi connectivity index (χ4n) is 2.10. The van der Waals surface area contributed by atoms with E-state index in [1.54, 1.807) is 0 Å². The standard InChI is InChI=1S/C10H12ClN3O4S/c11-7-2-8(10(16)13-3-7)14-4-6(1-9(14)15)5-19(12,17)18/h2-3,6H,1,4-5H2,(H,13,16)(H2,12,17,18). The maximum atomic E-state index is 11.8. The first-order valence-corrected chi connectivity index (χ1v) is 7.54. The Hall–Kier alpha value is -1.38. The molecule has 1 atom stereocenters. The molecule has 0 radical (unpaired) electrons. The summed E-state index contributed by atoms with van der Waals surface area (Å²) in [5.74, 6) is -1.02. The van der Waals surface area contributed by atoms with Gasteiger partial charge in [-0.15, -0.1) is 0 Å². The van der Waals surface area contributed by atoms with Crippen LogP contribution >= 0.6 is 11.6 Å². The van der Waals surface area contributed by atoms with Crippen LogP contribution in [0.15, 0.2) is 17.1 Å². The first kappa shape index (κ1) is 14.0. The number of nitrogens with one attached hydrogen (secondary N) is 1. The van der Waals surface area contributed by atoms with Gasteiger partial charge in [0.1, 0.15) is 5.69 Å². The highest BCUT2D eigenvalue weighted by atomic mass is 35.5. The minimum absolute atomic E-state index is 0.0440. The molecule has 1 amide bonds. The highest BCUT2D eigenvalue weighted by Gasteiger charge is 2.33. The Bertz CT molecular complexity index is 670. The third-order valence-electron chi connectivity index (χ3n) is 2.81. The van der Waals surface area contributed by atoms with E-state index in [0.29, 0.717) is 0 Å². The van der Waals surface area contributed by atoms with Crippen molar-refractivity contribution in [3.8, 4) is 0 Å². The number of aromatic nitrogens is 1. The fourth-order valence-corrected chi connectivity index (χ4v) is 3.14. The number of primary sulfonamides is 1. The summed E-state index contributed by atoms with van der Waals surface area (Å²) < 4.78 is 22.0. The van der Waals surface area contributed by atoms with Crippen molar-refractivity contribution in [1.82, 2.24) is 4.98 Å². The van der Waals surface area contributed by atoms with Crippen LogP contribution in [-0.2, 0) is 14.8 Å². The predicted octanol–water partition coefficient (Wildman–Crippen LogP) is -0.330. The number of amides is 1. The maximum absolute atomic E-state index is 11.8. The molecule has 0 spiro atoms. The summed E-state index contributed by atoms with van der Waals surface area (Å²) in [6.45, 7) is 0.138. The lowest BCUT2D eigenvalue weighted by molar-refractivity contribution is -0.117. The Labute approximate surface area is 114 Å². The summed E-state index contributed by atoms with van der Waals surface area (Å²) in [6, 6.07) is 1.37. The monoisotopic (exact) mass is 305 g/mol. The van der Waals surface area contributed by atoms with Crippen molar-refractivity contribution in [3.63, 3.8) is 0 Å². The summed E-state index contributed by atoms with van der Waals surface area (Å²) in [5.41, 5.74) is -0.330. The normalized spacial score (nSPS) is 20.0. The molecule has 1 aliphatic heterocycles. The molecule has 9 heteroatoms. The van der Waals surface area contributed by atoms with Gasteiger partial charge in [0.25, 0.3) is 5.56 Å². The van der Waals surface area contributed by atoms with Crippen LogP contribution in [0.4, 0.5) is 5.69 Å². The van der Waals surface area contributed by atoms with Crippen molar-refractivity contribution in [2.24, 2.45) is 11.1 Å². The van der Waals surface area contributed by atoms with Gasteiger partial charge in [-0.05, 0) is 6.07 Å². The smallest absolute Gasteiger partial charge is 0.272 e. The van der Waals surface area contributed by atoms with Crippen molar-refractivity contribution in [3.05, 3.63) is 27.6 Å². The lowest BCUT2D eigenvalue weighted by atomic mass is 10.1. The molecule has 0 saturated carbocycles. The van der Waals surface area contributed by atoms with Gasteiger partial charge in [-0.2, -0.15) is 0 Å². The Morgan fingerprint density at radius 2 is 2.16 bits per heavy atom. The number of halogens is 1. The van der Waals surface area contributed by atoms with Crippen LogP contribution in [0.3, 0.4) is 0 Å². The number of nitrogens with zero attached hydrogens (tertiary/aromatic N) is 1. The number of sulfonamides is 1. The lowest BCUT2D eigenvalue weighted by Crippen LogP contribution is -2.31. The predicted molar refractivity (Wildman–Crippen MR) is 70.5 cm³/mol. The quantitative estimate of drug-likeness (QED) is 0.796. The van der Waals surface area contributed by atoms with Crippen LogP contribution in [0.2, 0.25) is 5.02 Å². The SMILES string of the molecule is NS(=O)(=O)CC1CC(=O)N(c2cc(Cl)c[nH]c2=O)C1. The zero-order valence-corrected chi connectivity index (χ0v) is 11.4. The molecule has 7 nitrogen and oxygen atoms in total. The van der Waals surface area contributed by atoms with E-state index in [-0.39, 0.29) is 35.3 Å². The summed E-state index contributed by atoms with van der Waals surface area (Å²) in [5, 5.41) is 5.24. The van der Waals surface area contributed by atoms with E-state index in [1.807, 2.05) is 0 Å². The molecule has 1 aromatic rings. The topological polar surface area (TPSA) is 113 Å². The second-order valence-corrected chi connectivity index (χ2v) is 6.53. The molecule has 0 aromatic carbocycles. The van der Waals surface area contributed by atoms with Gasteiger partial charge in [0.2, 0.25) is 15.9 Å². The lowest BCUT2D eigenvalue weighted by Gasteiger charge is -2.15. The molecule has 1 aromatic heterocycles. The molecular weight excluding hydrogens is 294 g/mol. The molecule has 2 heterocycles. The van der Waals surface area contributed by atoms with Gasteiger partial charge in [-0.1, -0.05) is 11.6 Å². The molecule has 1 fully saturated rings.